The molecule has 0 saturated heterocycles. The van der Waals surface area contributed by atoms with Gasteiger partial charge >= 0.3 is 0 Å². The highest BCUT2D eigenvalue weighted by molar-refractivity contribution is 14.0. The van der Waals surface area contributed by atoms with Crippen LogP contribution in [-0.2, 0) is 6.42 Å². The Bertz CT molecular complexity index is 548. The predicted molar refractivity (Wildman–Crippen MR) is 107 cm³/mol. The monoisotopic (exact) mass is 449 g/mol. The highest BCUT2D eigenvalue weighted by Crippen LogP contribution is 2.39. The van der Waals surface area contributed by atoms with Gasteiger partial charge in [0.25, 0.3) is 0 Å². The molecule has 1 aliphatic rings. The first-order chi connectivity index (χ1) is 11.2. The van der Waals surface area contributed by atoms with Crippen LogP contribution in [0.3, 0.4) is 0 Å². The minimum absolute atomic E-state index is 0. The minimum atomic E-state index is 0. The third kappa shape index (κ3) is 5.61. The summed E-state index contributed by atoms with van der Waals surface area (Å²) in [5.74, 6) is 2.89. The number of aliphatic imine (C=N–C) groups is 1. The maximum Gasteiger partial charge on any atom is 0.203 e. The van der Waals surface area contributed by atoms with Gasteiger partial charge in [0.15, 0.2) is 17.5 Å². The number of nitrogens with zero attached hydrogens (tertiary/aromatic N) is 1. The van der Waals surface area contributed by atoms with Crippen molar-refractivity contribution in [2.24, 2.45) is 4.99 Å². The highest BCUT2D eigenvalue weighted by atomic mass is 127. The number of halogens is 1. The van der Waals surface area contributed by atoms with Gasteiger partial charge in [-0.05, 0) is 32.3 Å². The number of methoxy groups -OCH3 is 3. The van der Waals surface area contributed by atoms with Crippen LogP contribution < -0.4 is 24.8 Å². The number of rotatable bonds is 8. The fraction of sp³-hybridized carbons (Fsp3) is 0.588. The molecule has 7 heteroatoms. The summed E-state index contributed by atoms with van der Waals surface area (Å²) in [6.07, 6.45) is 3.23. The Labute approximate surface area is 161 Å². The number of ether oxygens (including phenoxy) is 3. The molecule has 0 radical (unpaired) electrons. The Balaban J connectivity index is 0.00000288. The summed E-state index contributed by atoms with van der Waals surface area (Å²) in [6.45, 7) is 3.60. The van der Waals surface area contributed by atoms with E-state index in [1.165, 1.54) is 12.8 Å². The standard InChI is InChI=1S/C17H27N3O3.HI/c1-5-18-17(20-13-7-8-13)19-11-10-12-6-9-14(21-2)16(23-4)15(12)22-3;/h6,9,13H,5,7-8,10-11H2,1-4H3,(H2,18,19,20);1H. The predicted octanol–water partition coefficient (Wildman–Crippen LogP) is 2.59. The average molecular weight is 449 g/mol. The maximum atomic E-state index is 5.50. The van der Waals surface area contributed by atoms with Gasteiger partial charge in [0.2, 0.25) is 5.75 Å². The molecular weight excluding hydrogens is 421 g/mol. The average Bonchev–Trinajstić information content (AvgIpc) is 3.38. The van der Waals surface area contributed by atoms with Gasteiger partial charge < -0.3 is 24.8 Å². The first-order valence-electron chi connectivity index (χ1n) is 8.06. The van der Waals surface area contributed by atoms with Crippen LogP contribution in [0.25, 0.3) is 0 Å². The first kappa shape index (κ1) is 20.7. The molecule has 1 aromatic carbocycles. The lowest BCUT2D eigenvalue weighted by Gasteiger charge is -2.15. The molecule has 1 fully saturated rings. The lowest BCUT2D eigenvalue weighted by molar-refractivity contribution is 0.322. The quantitative estimate of drug-likeness (QED) is 0.363. The van der Waals surface area contributed by atoms with Gasteiger partial charge in [0.1, 0.15) is 0 Å². The van der Waals surface area contributed by atoms with Crippen LogP contribution in [0, 0.1) is 0 Å². The molecule has 0 atom stereocenters. The molecule has 0 aromatic heterocycles. The van der Waals surface area contributed by atoms with E-state index >= 15 is 0 Å². The topological polar surface area (TPSA) is 64.1 Å². The number of hydrogen-bond acceptors (Lipinski definition) is 4. The van der Waals surface area contributed by atoms with Gasteiger partial charge in [-0.2, -0.15) is 0 Å². The third-order valence-electron chi connectivity index (χ3n) is 3.70. The molecule has 2 N–H and O–H groups in total. The second-order valence-corrected chi connectivity index (χ2v) is 5.42. The molecule has 24 heavy (non-hydrogen) atoms. The fourth-order valence-corrected chi connectivity index (χ4v) is 2.39. The van der Waals surface area contributed by atoms with E-state index < -0.39 is 0 Å². The Hall–Kier alpha value is -1.38. The van der Waals surface area contributed by atoms with Crippen LogP contribution in [0.4, 0.5) is 0 Å². The summed E-state index contributed by atoms with van der Waals surface area (Å²) >= 11 is 0. The molecule has 6 nitrogen and oxygen atoms in total. The highest BCUT2D eigenvalue weighted by Gasteiger charge is 2.22. The first-order valence-corrected chi connectivity index (χ1v) is 8.06. The van der Waals surface area contributed by atoms with Crippen molar-refractivity contribution in [3.8, 4) is 17.2 Å². The van der Waals surface area contributed by atoms with E-state index in [1.807, 2.05) is 12.1 Å². The maximum absolute atomic E-state index is 5.50. The van der Waals surface area contributed by atoms with Crippen molar-refractivity contribution in [3.05, 3.63) is 17.7 Å². The SMILES string of the molecule is CCNC(=NCCc1ccc(OC)c(OC)c1OC)NC1CC1.I. The van der Waals surface area contributed by atoms with E-state index in [0.717, 1.165) is 24.5 Å². The summed E-state index contributed by atoms with van der Waals surface area (Å²) in [5, 5.41) is 6.68. The van der Waals surface area contributed by atoms with E-state index in [4.69, 9.17) is 14.2 Å². The Morgan fingerprint density at radius 2 is 1.83 bits per heavy atom. The number of nitrogens with one attached hydrogen (secondary N) is 2. The molecule has 1 saturated carbocycles. The lowest BCUT2D eigenvalue weighted by atomic mass is 10.1. The summed E-state index contributed by atoms with van der Waals surface area (Å²) in [7, 11) is 4.88. The molecule has 0 heterocycles. The molecular formula is C17H28IN3O3. The van der Waals surface area contributed by atoms with Crippen LogP contribution >= 0.6 is 24.0 Å². The normalized spacial score (nSPS) is 13.8. The van der Waals surface area contributed by atoms with Crippen LogP contribution in [0.5, 0.6) is 17.2 Å². The van der Waals surface area contributed by atoms with Crippen molar-refractivity contribution in [1.82, 2.24) is 10.6 Å². The van der Waals surface area contributed by atoms with Gasteiger partial charge in [0, 0.05) is 24.7 Å². The third-order valence-corrected chi connectivity index (χ3v) is 3.70. The molecule has 0 aliphatic heterocycles. The van der Waals surface area contributed by atoms with Crippen LogP contribution in [-0.4, -0.2) is 46.4 Å². The molecule has 0 bridgehead atoms. The summed E-state index contributed by atoms with van der Waals surface area (Å²) < 4.78 is 16.2. The molecule has 1 aromatic rings. The Morgan fingerprint density at radius 3 is 2.38 bits per heavy atom. The van der Waals surface area contributed by atoms with Gasteiger partial charge in [-0.1, -0.05) is 6.07 Å². The summed E-state index contributed by atoms with van der Waals surface area (Å²) in [4.78, 5) is 4.63. The number of hydrogen-bond donors (Lipinski definition) is 2. The van der Waals surface area contributed by atoms with Gasteiger partial charge in [-0.15, -0.1) is 24.0 Å². The van der Waals surface area contributed by atoms with Crippen molar-refractivity contribution in [1.29, 1.82) is 0 Å². The molecule has 0 spiro atoms. The zero-order valence-electron chi connectivity index (χ0n) is 14.8. The molecule has 0 amide bonds. The fourth-order valence-electron chi connectivity index (χ4n) is 2.39. The lowest BCUT2D eigenvalue weighted by Crippen LogP contribution is -2.38. The van der Waals surface area contributed by atoms with E-state index in [2.05, 4.69) is 22.5 Å². The second-order valence-electron chi connectivity index (χ2n) is 5.42. The summed E-state index contributed by atoms with van der Waals surface area (Å²) in [5.41, 5.74) is 1.05. The molecule has 1 aliphatic carbocycles. The largest absolute Gasteiger partial charge is 0.493 e. The van der Waals surface area contributed by atoms with Crippen LogP contribution in [0.15, 0.2) is 17.1 Å². The van der Waals surface area contributed by atoms with Gasteiger partial charge in [-0.25, -0.2) is 0 Å². The Kier molecular flexibility index (Phi) is 9.02. The molecule has 0 unspecified atom stereocenters. The smallest absolute Gasteiger partial charge is 0.203 e. The van der Waals surface area contributed by atoms with Crippen molar-refractivity contribution in [2.45, 2.75) is 32.2 Å². The summed E-state index contributed by atoms with van der Waals surface area (Å²) in [6, 6.07) is 4.48. The zero-order chi connectivity index (χ0) is 16.7. The zero-order valence-corrected chi connectivity index (χ0v) is 17.2. The number of guanidine groups is 1. The minimum Gasteiger partial charge on any atom is -0.493 e. The number of benzene rings is 1. The van der Waals surface area contributed by atoms with E-state index in [-0.39, 0.29) is 24.0 Å². The van der Waals surface area contributed by atoms with Crippen molar-refractivity contribution in [3.63, 3.8) is 0 Å². The van der Waals surface area contributed by atoms with E-state index in [0.29, 0.717) is 29.8 Å². The Morgan fingerprint density at radius 1 is 1.12 bits per heavy atom. The van der Waals surface area contributed by atoms with Gasteiger partial charge in [0.05, 0.1) is 21.3 Å². The molecule has 2 rings (SSSR count). The molecule has 136 valence electrons. The van der Waals surface area contributed by atoms with Gasteiger partial charge in [-0.3, -0.25) is 4.99 Å². The van der Waals surface area contributed by atoms with E-state index in [9.17, 15) is 0 Å². The van der Waals surface area contributed by atoms with Crippen LogP contribution in [0.2, 0.25) is 0 Å². The van der Waals surface area contributed by atoms with Crippen LogP contribution in [0.1, 0.15) is 25.3 Å². The second kappa shape index (κ2) is 10.5. The van der Waals surface area contributed by atoms with E-state index in [1.54, 1.807) is 21.3 Å². The van der Waals surface area contributed by atoms with Crippen molar-refractivity contribution in [2.75, 3.05) is 34.4 Å². The van der Waals surface area contributed by atoms with Crippen molar-refractivity contribution >= 4 is 29.9 Å². The van der Waals surface area contributed by atoms with Crippen molar-refractivity contribution < 1.29 is 14.2 Å².